The second-order valence-corrected chi connectivity index (χ2v) is 7.77. The normalized spacial score (nSPS) is 10.6. The van der Waals surface area contributed by atoms with Crippen LogP contribution in [-0.2, 0) is 11.8 Å². The minimum absolute atomic E-state index is 0.166. The van der Waals surface area contributed by atoms with E-state index >= 15 is 0 Å². The molecule has 0 spiro atoms. The lowest BCUT2D eigenvalue weighted by Gasteiger charge is -2.09. The Morgan fingerprint density at radius 1 is 0.943 bits per heavy atom. The number of carbonyl (C=O) groups is 2. The molecule has 0 unspecified atom stereocenters. The molecule has 8 nitrogen and oxygen atoms in total. The van der Waals surface area contributed by atoms with Crippen molar-refractivity contribution in [2.24, 2.45) is 7.05 Å². The summed E-state index contributed by atoms with van der Waals surface area (Å²) in [5.74, 6) is -1.21. The fourth-order valence-corrected chi connectivity index (χ4v) is 3.54. The fraction of sp³-hybridized carbons (Fsp3) is 0.115. The predicted octanol–water partition coefficient (Wildman–Crippen LogP) is 3.89. The Balaban J connectivity index is 1.46. The molecular formula is C26H23FN4O4. The number of aromatic nitrogens is 2. The average Bonchev–Trinajstić information content (AvgIpc) is 3.06. The Morgan fingerprint density at radius 3 is 2.43 bits per heavy atom. The molecule has 3 aromatic carbocycles. The quantitative estimate of drug-likeness (QED) is 0.425. The number of nitrogens with one attached hydrogen (secondary N) is 2. The largest absolute Gasteiger partial charge is 0.484 e. The van der Waals surface area contributed by atoms with E-state index in [2.05, 4.69) is 10.6 Å². The number of anilines is 2. The van der Waals surface area contributed by atoms with Gasteiger partial charge >= 0.3 is 0 Å². The molecular weight excluding hydrogens is 451 g/mol. The van der Waals surface area contributed by atoms with Gasteiger partial charge in [0.25, 0.3) is 17.4 Å². The maximum atomic E-state index is 13.2. The second kappa shape index (κ2) is 10.1. The van der Waals surface area contributed by atoms with Crippen LogP contribution in [0.5, 0.6) is 5.75 Å². The van der Waals surface area contributed by atoms with E-state index in [1.807, 2.05) is 18.2 Å². The highest BCUT2D eigenvalue weighted by Gasteiger charge is 2.19. The molecule has 9 heteroatoms. The number of para-hydroxylation sites is 1. The molecule has 0 bridgehead atoms. The zero-order valence-electron chi connectivity index (χ0n) is 19.1. The lowest BCUT2D eigenvalue weighted by molar-refractivity contribution is -0.118. The first-order valence-corrected chi connectivity index (χ1v) is 10.8. The first kappa shape index (κ1) is 23.5. The lowest BCUT2D eigenvalue weighted by Crippen LogP contribution is -2.23. The number of hydrogen-bond donors (Lipinski definition) is 2. The average molecular weight is 474 g/mol. The maximum Gasteiger partial charge on any atom is 0.295 e. The van der Waals surface area contributed by atoms with E-state index < -0.39 is 17.6 Å². The van der Waals surface area contributed by atoms with Gasteiger partial charge in [0.1, 0.15) is 17.3 Å². The molecule has 0 atom stereocenters. The summed E-state index contributed by atoms with van der Waals surface area (Å²) in [5, 5.41) is 5.33. The molecule has 0 radical (unpaired) electrons. The summed E-state index contributed by atoms with van der Waals surface area (Å²) in [5.41, 5.74) is 1.70. The van der Waals surface area contributed by atoms with E-state index in [-0.39, 0.29) is 29.2 Å². The highest BCUT2D eigenvalue weighted by molar-refractivity contribution is 6.05. The molecule has 1 aromatic heterocycles. The van der Waals surface area contributed by atoms with Gasteiger partial charge in [0.2, 0.25) is 0 Å². The topological polar surface area (TPSA) is 94.4 Å². The first-order chi connectivity index (χ1) is 16.8. The molecule has 4 aromatic rings. The summed E-state index contributed by atoms with van der Waals surface area (Å²) in [6.07, 6.45) is 0. The van der Waals surface area contributed by atoms with Crippen molar-refractivity contribution in [2.45, 2.75) is 6.92 Å². The minimum atomic E-state index is -0.497. The van der Waals surface area contributed by atoms with Crippen LogP contribution in [0, 0.1) is 12.7 Å². The summed E-state index contributed by atoms with van der Waals surface area (Å²) in [4.78, 5) is 38.2. The van der Waals surface area contributed by atoms with Crippen molar-refractivity contribution >= 4 is 23.2 Å². The molecule has 35 heavy (non-hydrogen) atoms. The van der Waals surface area contributed by atoms with Crippen molar-refractivity contribution in [2.75, 3.05) is 17.2 Å². The van der Waals surface area contributed by atoms with Gasteiger partial charge in [-0.1, -0.05) is 30.3 Å². The number of carbonyl (C=O) groups excluding carboxylic acids is 2. The van der Waals surface area contributed by atoms with Crippen LogP contribution in [0.2, 0.25) is 0 Å². The molecule has 0 aliphatic heterocycles. The van der Waals surface area contributed by atoms with E-state index in [9.17, 15) is 18.8 Å². The highest BCUT2D eigenvalue weighted by atomic mass is 19.1. The van der Waals surface area contributed by atoms with Gasteiger partial charge in [-0.2, -0.15) is 0 Å². The first-order valence-electron chi connectivity index (χ1n) is 10.8. The van der Waals surface area contributed by atoms with Gasteiger partial charge in [-0.05, 0) is 49.4 Å². The third-order valence-electron chi connectivity index (χ3n) is 5.37. The van der Waals surface area contributed by atoms with Crippen molar-refractivity contribution < 1.29 is 18.7 Å². The van der Waals surface area contributed by atoms with Gasteiger partial charge in [-0.15, -0.1) is 0 Å². The molecule has 4 rings (SSSR count). The van der Waals surface area contributed by atoms with Gasteiger partial charge in [0.05, 0.1) is 11.4 Å². The summed E-state index contributed by atoms with van der Waals surface area (Å²) >= 11 is 0. The Morgan fingerprint density at radius 2 is 1.69 bits per heavy atom. The minimum Gasteiger partial charge on any atom is -0.484 e. The van der Waals surface area contributed by atoms with E-state index in [1.54, 1.807) is 55.1 Å². The molecule has 2 amide bonds. The van der Waals surface area contributed by atoms with Crippen molar-refractivity contribution in [3.63, 3.8) is 0 Å². The number of benzene rings is 3. The number of halogens is 1. The monoisotopic (exact) mass is 474 g/mol. The zero-order valence-corrected chi connectivity index (χ0v) is 19.1. The summed E-state index contributed by atoms with van der Waals surface area (Å²) in [7, 11) is 1.74. The van der Waals surface area contributed by atoms with Gasteiger partial charge in [0, 0.05) is 24.4 Å². The molecule has 0 aliphatic carbocycles. The fourth-order valence-electron chi connectivity index (χ4n) is 3.54. The molecule has 1 heterocycles. The SMILES string of the molecule is Cc1c(NC(=O)c2cccc(NC(=O)COc3cccc(F)c3)c2)c(=O)n(-c2ccccc2)n1C. The smallest absolute Gasteiger partial charge is 0.295 e. The van der Waals surface area contributed by atoms with Crippen LogP contribution in [0.25, 0.3) is 5.69 Å². The molecule has 0 aliphatic rings. The third-order valence-corrected chi connectivity index (χ3v) is 5.37. The Kier molecular flexibility index (Phi) is 6.77. The second-order valence-electron chi connectivity index (χ2n) is 7.77. The van der Waals surface area contributed by atoms with Crippen molar-refractivity contribution in [1.29, 1.82) is 0 Å². The number of ether oxygens (including phenoxy) is 1. The number of nitrogens with zero attached hydrogens (tertiary/aromatic N) is 2. The molecule has 2 N–H and O–H groups in total. The van der Waals surface area contributed by atoms with Crippen molar-refractivity contribution in [3.05, 3.63) is 106 Å². The van der Waals surface area contributed by atoms with Crippen LogP contribution in [0.3, 0.4) is 0 Å². The summed E-state index contributed by atoms with van der Waals surface area (Å²) < 4.78 is 21.7. The predicted molar refractivity (Wildman–Crippen MR) is 131 cm³/mol. The van der Waals surface area contributed by atoms with Gasteiger partial charge in [-0.3, -0.25) is 19.1 Å². The summed E-state index contributed by atoms with van der Waals surface area (Å²) in [6.45, 7) is 1.41. The standard InChI is InChI=1S/C26H23FN4O4/c1-17-24(26(34)31(30(17)2)21-11-4-3-5-12-21)29-25(33)18-8-6-10-20(14-18)28-23(32)16-35-22-13-7-9-19(27)15-22/h3-15H,16H2,1-2H3,(H,28,32)(H,29,33). The maximum absolute atomic E-state index is 13.2. The lowest BCUT2D eigenvalue weighted by atomic mass is 10.2. The molecule has 0 fully saturated rings. The van der Waals surface area contributed by atoms with Crippen LogP contribution in [0.4, 0.5) is 15.8 Å². The van der Waals surface area contributed by atoms with Crippen LogP contribution in [-0.4, -0.2) is 27.8 Å². The van der Waals surface area contributed by atoms with Gasteiger partial charge in [-0.25, -0.2) is 9.07 Å². The summed E-state index contributed by atoms with van der Waals surface area (Å²) in [6, 6.07) is 20.9. The van der Waals surface area contributed by atoms with E-state index in [0.29, 0.717) is 17.1 Å². The number of amides is 2. The highest BCUT2D eigenvalue weighted by Crippen LogP contribution is 2.17. The van der Waals surface area contributed by atoms with E-state index in [0.717, 1.165) is 0 Å². The zero-order chi connectivity index (χ0) is 24.9. The number of rotatable bonds is 7. The Labute approximate surface area is 200 Å². The van der Waals surface area contributed by atoms with E-state index in [1.165, 1.54) is 28.9 Å². The van der Waals surface area contributed by atoms with Crippen molar-refractivity contribution in [3.8, 4) is 11.4 Å². The van der Waals surface area contributed by atoms with E-state index in [4.69, 9.17) is 4.74 Å². The van der Waals surface area contributed by atoms with Gasteiger partial charge < -0.3 is 15.4 Å². The molecule has 0 saturated heterocycles. The van der Waals surface area contributed by atoms with Crippen LogP contribution >= 0.6 is 0 Å². The van der Waals surface area contributed by atoms with Crippen LogP contribution in [0.15, 0.2) is 83.7 Å². The third kappa shape index (κ3) is 5.30. The van der Waals surface area contributed by atoms with Crippen molar-refractivity contribution in [1.82, 2.24) is 9.36 Å². The number of hydrogen-bond acceptors (Lipinski definition) is 4. The Bertz CT molecular complexity index is 1440. The molecule has 178 valence electrons. The molecule has 0 saturated carbocycles. The Hall–Kier alpha value is -4.66. The van der Waals surface area contributed by atoms with Gasteiger partial charge in [0.15, 0.2) is 6.61 Å². The van der Waals surface area contributed by atoms with Crippen LogP contribution < -0.4 is 20.9 Å². The van der Waals surface area contributed by atoms with Crippen LogP contribution in [0.1, 0.15) is 16.1 Å².